The monoisotopic (exact) mass is 211 g/mol. The van der Waals surface area contributed by atoms with Gasteiger partial charge in [-0.1, -0.05) is 33.6 Å². The summed E-state index contributed by atoms with van der Waals surface area (Å²) >= 11 is 0. The van der Waals surface area contributed by atoms with E-state index < -0.39 is 0 Å². The summed E-state index contributed by atoms with van der Waals surface area (Å²) in [5.74, 6) is 1.77. The van der Waals surface area contributed by atoms with Crippen molar-refractivity contribution in [1.82, 2.24) is 5.32 Å². The topological polar surface area (TPSA) is 32.3 Å². The third kappa shape index (κ3) is 2.07. The lowest BCUT2D eigenvalue weighted by atomic mass is 9.64. The molecule has 2 N–H and O–H groups in total. The molecule has 0 radical (unpaired) electrons. The molecule has 4 atom stereocenters. The van der Waals surface area contributed by atoms with Crippen molar-refractivity contribution in [3.05, 3.63) is 0 Å². The number of hydrogen-bond donors (Lipinski definition) is 2. The van der Waals surface area contributed by atoms with Gasteiger partial charge in [0.05, 0.1) is 6.10 Å². The maximum absolute atomic E-state index is 9.65. The molecule has 0 spiro atoms. The smallest absolute Gasteiger partial charge is 0.0621 e. The van der Waals surface area contributed by atoms with E-state index in [1.807, 2.05) is 0 Å². The van der Waals surface area contributed by atoms with E-state index in [-0.39, 0.29) is 11.5 Å². The molecule has 2 fully saturated rings. The lowest BCUT2D eigenvalue weighted by Gasteiger charge is -2.50. The molecule has 2 aliphatic carbocycles. The van der Waals surface area contributed by atoms with Gasteiger partial charge in [-0.25, -0.2) is 0 Å². The van der Waals surface area contributed by atoms with Crippen LogP contribution in [0.3, 0.4) is 0 Å². The Labute approximate surface area is 93.5 Å². The Morgan fingerprint density at radius 3 is 2.53 bits per heavy atom. The van der Waals surface area contributed by atoms with E-state index in [0.29, 0.717) is 6.04 Å². The minimum absolute atomic E-state index is 0.0852. The molecule has 2 saturated carbocycles. The van der Waals surface area contributed by atoms with Crippen molar-refractivity contribution in [1.29, 1.82) is 0 Å². The van der Waals surface area contributed by atoms with Crippen LogP contribution in [0, 0.1) is 17.3 Å². The summed E-state index contributed by atoms with van der Waals surface area (Å²) in [6.45, 7) is 7.86. The maximum atomic E-state index is 9.65. The minimum Gasteiger partial charge on any atom is -0.392 e. The largest absolute Gasteiger partial charge is 0.392 e. The first-order valence-corrected chi connectivity index (χ1v) is 6.43. The van der Waals surface area contributed by atoms with Gasteiger partial charge in [0, 0.05) is 11.5 Å². The molecule has 2 nitrogen and oxygen atoms in total. The lowest BCUT2D eigenvalue weighted by molar-refractivity contribution is -0.0735. The van der Waals surface area contributed by atoms with Crippen LogP contribution in [0.1, 0.15) is 46.5 Å². The normalized spacial score (nSPS) is 44.0. The summed E-state index contributed by atoms with van der Waals surface area (Å²) in [5, 5.41) is 13.3. The molecule has 2 heteroatoms. The van der Waals surface area contributed by atoms with Crippen molar-refractivity contribution in [2.75, 3.05) is 6.54 Å². The highest BCUT2D eigenvalue weighted by Gasteiger charge is 2.47. The molecule has 2 aliphatic rings. The van der Waals surface area contributed by atoms with Crippen LogP contribution in [-0.4, -0.2) is 23.8 Å². The van der Waals surface area contributed by atoms with Crippen LogP contribution in [0.15, 0.2) is 0 Å². The lowest BCUT2D eigenvalue weighted by Crippen LogP contribution is -2.60. The number of hydrogen-bond acceptors (Lipinski definition) is 2. The number of nitrogens with one attached hydrogen (secondary N) is 1. The van der Waals surface area contributed by atoms with Crippen molar-refractivity contribution in [3.8, 4) is 0 Å². The van der Waals surface area contributed by atoms with E-state index in [0.717, 1.165) is 24.8 Å². The fourth-order valence-corrected chi connectivity index (χ4v) is 3.07. The zero-order chi connectivity index (χ0) is 11.1. The van der Waals surface area contributed by atoms with Crippen molar-refractivity contribution >= 4 is 0 Å². The average Bonchev–Trinajstić information content (AvgIpc) is 2.58. The molecule has 4 unspecified atom stereocenters. The van der Waals surface area contributed by atoms with Gasteiger partial charge in [-0.2, -0.15) is 0 Å². The van der Waals surface area contributed by atoms with Crippen LogP contribution in [0.4, 0.5) is 0 Å². The predicted octanol–water partition coefficient (Wildman–Crippen LogP) is 2.17. The van der Waals surface area contributed by atoms with Crippen LogP contribution < -0.4 is 5.32 Å². The van der Waals surface area contributed by atoms with Crippen molar-refractivity contribution in [3.63, 3.8) is 0 Å². The van der Waals surface area contributed by atoms with E-state index >= 15 is 0 Å². The highest BCUT2D eigenvalue weighted by molar-refractivity contribution is 5.01. The van der Waals surface area contributed by atoms with Gasteiger partial charge >= 0.3 is 0 Å². The molecule has 0 aromatic heterocycles. The molecule has 0 heterocycles. The Bertz CT molecular complexity index is 227. The summed E-state index contributed by atoms with van der Waals surface area (Å²) < 4.78 is 0. The zero-order valence-electron chi connectivity index (χ0n) is 10.3. The average molecular weight is 211 g/mol. The van der Waals surface area contributed by atoms with E-state index in [1.54, 1.807) is 0 Å². The molecule has 0 bridgehead atoms. The third-order valence-corrected chi connectivity index (χ3v) is 4.88. The highest BCUT2D eigenvalue weighted by atomic mass is 16.3. The molecule has 0 amide bonds. The van der Waals surface area contributed by atoms with Gasteiger partial charge in [0.1, 0.15) is 0 Å². The molecular weight excluding hydrogens is 186 g/mol. The fraction of sp³-hybridized carbons (Fsp3) is 1.00. The first-order chi connectivity index (χ1) is 7.01. The van der Waals surface area contributed by atoms with E-state index in [9.17, 15) is 5.11 Å². The second-order valence-electron chi connectivity index (χ2n) is 6.20. The SMILES string of the molecule is CC1CCCC1CNC1CC(O)C1(C)C. The van der Waals surface area contributed by atoms with Crippen LogP contribution in [-0.2, 0) is 0 Å². The Kier molecular flexibility index (Phi) is 3.09. The Balaban J connectivity index is 1.75. The van der Waals surface area contributed by atoms with Gasteiger partial charge in [0.25, 0.3) is 0 Å². The first-order valence-electron chi connectivity index (χ1n) is 6.43. The van der Waals surface area contributed by atoms with Gasteiger partial charge in [0.15, 0.2) is 0 Å². The Morgan fingerprint density at radius 1 is 1.33 bits per heavy atom. The molecule has 2 rings (SSSR count). The van der Waals surface area contributed by atoms with Crippen molar-refractivity contribution in [2.45, 2.75) is 58.6 Å². The maximum Gasteiger partial charge on any atom is 0.0621 e. The molecular formula is C13H25NO. The van der Waals surface area contributed by atoms with Crippen LogP contribution in [0.5, 0.6) is 0 Å². The number of rotatable bonds is 3. The zero-order valence-corrected chi connectivity index (χ0v) is 10.3. The first kappa shape index (κ1) is 11.4. The van der Waals surface area contributed by atoms with Crippen molar-refractivity contribution in [2.24, 2.45) is 17.3 Å². The van der Waals surface area contributed by atoms with Crippen LogP contribution >= 0.6 is 0 Å². The molecule has 0 saturated heterocycles. The molecule has 0 aromatic rings. The molecule has 0 aromatic carbocycles. The van der Waals surface area contributed by atoms with Gasteiger partial charge in [-0.3, -0.25) is 0 Å². The Hall–Kier alpha value is -0.0800. The van der Waals surface area contributed by atoms with E-state index in [2.05, 4.69) is 26.1 Å². The van der Waals surface area contributed by atoms with Gasteiger partial charge in [0.2, 0.25) is 0 Å². The summed E-state index contributed by atoms with van der Waals surface area (Å²) in [5.41, 5.74) is 0.0852. The third-order valence-electron chi connectivity index (χ3n) is 4.88. The molecule has 15 heavy (non-hydrogen) atoms. The standard InChI is InChI=1S/C13H25NO/c1-9-5-4-6-10(9)8-14-11-7-12(15)13(11,2)3/h9-12,14-15H,4-8H2,1-3H3. The number of aliphatic hydroxyl groups is 1. The molecule has 0 aliphatic heterocycles. The van der Waals surface area contributed by atoms with Gasteiger partial charge in [-0.15, -0.1) is 0 Å². The fourth-order valence-electron chi connectivity index (χ4n) is 3.07. The van der Waals surface area contributed by atoms with Gasteiger partial charge in [-0.05, 0) is 31.2 Å². The van der Waals surface area contributed by atoms with E-state index in [4.69, 9.17) is 0 Å². The summed E-state index contributed by atoms with van der Waals surface area (Å²) in [7, 11) is 0. The molecule has 88 valence electrons. The quantitative estimate of drug-likeness (QED) is 0.750. The van der Waals surface area contributed by atoms with Crippen LogP contribution in [0.25, 0.3) is 0 Å². The minimum atomic E-state index is -0.101. The van der Waals surface area contributed by atoms with E-state index in [1.165, 1.54) is 19.3 Å². The predicted molar refractivity (Wildman–Crippen MR) is 62.7 cm³/mol. The van der Waals surface area contributed by atoms with Crippen molar-refractivity contribution < 1.29 is 5.11 Å². The Morgan fingerprint density at radius 2 is 2.07 bits per heavy atom. The highest BCUT2D eigenvalue weighted by Crippen LogP contribution is 2.41. The van der Waals surface area contributed by atoms with Gasteiger partial charge < -0.3 is 10.4 Å². The second-order valence-corrected chi connectivity index (χ2v) is 6.20. The summed E-state index contributed by atoms with van der Waals surface area (Å²) in [6.07, 6.45) is 5.04. The second kappa shape index (κ2) is 4.06. The van der Waals surface area contributed by atoms with Crippen LogP contribution in [0.2, 0.25) is 0 Å². The summed E-state index contributed by atoms with van der Waals surface area (Å²) in [4.78, 5) is 0. The number of aliphatic hydroxyl groups excluding tert-OH is 1. The summed E-state index contributed by atoms with van der Waals surface area (Å²) in [6, 6.07) is 0.528.